The van der Waals surface area contributed by atoms with E-state index in [1.54, 1.807) is 18.3 Å². The maximum absolute atomic E-state index is 11.3. The molecule has 0 amide bonds. The zero-order valence-electron chi connectivity index (χ0n) is 14.9. The molecule has 1 aromatic carbocycles. The van der Waals surface area contributed by atoms with Crippen molar-refractivity contribution in [3.05, 3.63) is 42.1 Å². The lowest BCUT2D eigenvalue weighted by Gasteiger charge is -2.31. The molecule has 1 saturated heterocycles. The Bertz CT molecular complexity index is 839. The first-order valence-corrected chi connectivity index (χ1v) is 10.4. The van der Waals surface area contributed by atoms with Gasteiger partial charge in [-0.15, -0.1) is 0 Å². The van der Waals surface area contributed by atoms with Crippen molar-refractivity contribution in [1.82, 2.24) is 9.97 Å². The summed E-state index contributed by atoms with van der Waals surface area (Å²) in [6.45, 7) is 5.01. The van der Waals surface area contributed by atoms with Gasteiger partial charge in [0.2, 0.25) is 16.0 Å². The second kappa shape index (κ2) is 8.01. The van der Waals surface area contributed by atoms with Crippen LogP contribution in [0.15, 0.2) is 41.4 Å². The molecule has 1 fully saturated rings. The lowest BCUT2D eigenvalue weighted by atomic mass is 10.0. The molecule has 1 aromatic heterocycles. The van der Waals surface area contributed by atoms with Crippen LogP contribution in [0.3, 0.4) is 0 Å². The normalized spacial score (nSPS) is 17.9. The molecule has 0 spiro atoms. The van der Waals surface area contributed by atoms with Gasteiger partial charge >= 0.3 is 0 Å². The van der Waals surface area contributed by atoms with Crippen molar-refractivity contribution >= 4 is 21.8 Å². The highest BCUT2D eigenvalue weighted by molar-refractivity contribution is 7.89. The smallest absolute Gasteiger partial charge is 0.238 e. The van der Waals surface area contributed by atoms with Crippen LogP contribution in [0, 0.1) is 5.92 Å². The summed E-state index contributed by atoms with van der Waals surface area (Å²) in [5.74, 6) is 2.27. The maximum atomic E-state index is 11.3. The van der Waals surface area contributed by atoms with E-state index >= 15 is 0 Å². The number of anilines is 2. The number of rotatable bonds is 6. The number of hydrogen-bond acceptors (Lipinski definition) is 6. The predicted molar refractivity (Wildman–Crippen MR) is 103 cm³/mol. The van der Waals surface area contributed by atoms with E-state index in [2.05, 4.69) is 27.1 Å². The van der Waals surface area contributed by atoms with Gasteiger partial charge in [0.15, 0.2) is 0 Å². The zero-order chi connectivity index (χ0) is 18.6. The largest absolute Gasteiger partial charge is 0.356 e. The highest BCUT2D eigenvalue weighted by Crippen LogP contribution is 2.21. The molecular weight excluding hydrogens is 350 g/mol. The van der Waals surface area contributed by atoms with Crippen LogP contribution in [0.1, 0.15) is 25.3 Å². The van der Waals surface area contributed by atoms with E-state index in [4.69, 9.17) is 5.14 Å². The predicted octanol–water partition coefficient (Wildman–Crippen LogP) is 2.01. The number of piperidine rings is 1. The van der Waals surface area contributed by atoms with Crippen LogP contribution in [0.25, 0.3) is 0 Å². The first kappa shape index (κ1) is 18.6. The van der Waals surface area contributed by atoms with Gasteiger partial charge in [-0.1, -0.05) is 19.1 Å². The van der Waals surface area contributed by atoms with Crippen molar-refractivity contribution in [2.45, 2.75) is 31.1 Å². The number of benzene rings is 1. The third-order valence-electron chi connectivity index (χ3n) is 4.57. The quantitative estimate of drug-likeness (QED) is 0.801. The first-order valence-electron chi connectivity index (χ1n) is 8.85. The molecule has 3 rings (SSSR count). The van der Waals surface area contributed by atoms with E-state index in [0.717, 1.165) is 30.9 Å². The number of nitrogens with one attached hydrogen (secondary N) is 1. The lowest BCUT2D eigenvalue weighted by molar-refractivity contribution is 0.444. The summed E-state index contributed by atoms with van der Waals surface area (Å²) < 4.78 is 22.5. The van der Waals surface area contributed by atoms with E-state index < -0.39 is 10.0 Å². The van der Waals surface area contributed by atoms with Crippen molar-refractivity contribution in [2.75, 3.05) is 29.9 Å². The Hall–Kier alpha value is -2.19. The highest BCUT2D eigenvalue weighted by Gasteiger charge is 2.17. The van der Waals surface area contributed by atoms with E-state index in [-0.39, 0.29) is 4.90 Å². The van der Waals surface area contributed by atoms with Crippen molar-refractivity contribution in [3.63, 3.8) is 0 Å². The highest BCUT2D eigenvalue weighted by atomic mass is 32.2. The summed E-state index contributed by atoms with van der Waals surface area (Å²) in [6, 6.07) is 8.55. The SMILES string of the molecule is CC1CCCN(c2ccnc(NCCc3ccc(S(N)(=O)=O)cc3)n2)C1. The summed E-state index contributed by atoms with van der Waals surface area (Å²) in [6.07, 6.45) is 4.99. The van der Waals surface area contributed by atoms with Crippen molar-refractivity contribution in [1.29, 1.82) is 0 Å². The van der Waals surface area contributed by atoms with Gasteiger partial charge in [-0.05, 0) is 48.9 Å². The van der Waals surface area contributed by atoms with E-state index in [9.17, 15) is 8.42 Å². The van der Waals surface area contributed by atoms with Crippen LogP contribution < -0.4 is 15.4 Å². The average Bonchev–Trinajstić information content (AvgIpc) is 2.62. The lowest BCUT2D eigenvalue weighted by Crippen LogP contribution is -2.34. The van der Waals surface area contributed by atoms with Gasteiger partial charge in [-0.3, -0.25) is 0 Å². The Morgan fingerprint density at radius 3 is 2.73 bits per heavy atom. The molecule has 0 saturated carbocycles. The fourth-order valence-corrected chi connectivity index (χ4v) is 3.69. The van der Waals surface area contributed by atoms with E-state index in [1.807, 2.05) is 6.07 Å². The molecule has 1 aliphatic heterocycles. The van der Waals surface area contributed by atoms with E-state index in [0.29, 0.717) is 18.4 Å². The molecule has 2 aromatic rings. The van der Waals surface area contributed by atoms with Gasteiger partial charge < -0.3 is 10.2 Å². The second-order valence-electron chi connectivity index (χ2n) is 6.80. The number of nitrogens with two attached hydrogens (primary N) is 1. The minimum atomic E-state index is -3.64. The second-order valence-corrected chi connectivity index (χ2v) is 8.36. The average molecular weight is 375 g/mol. The Balaban J connectivity index is 1.56. The summed E-state index contributed by atoms with van der Waals surface area (Å²) in [4.78, 5) is 11.3. The van der Waals surface area contributed by atoms with Crippen LogP contribution in [-0.2, 0) is 16.4 Å². The molecule has 8 heteroatoms. The fraction of sp³-hybridized carbons (Fsp3) is 0.444. The summed E-state index contributed by atoms with van der Waals surface area (Å²) in [5.41, 5.74) is 1.02. The van der Waals surface area contributed by atoms with Crippen LogP contribution in [0.2, 0.25) is 0 Å². The van der Waals surface area contributed by atoms with Gasteiger partial charge in [-0.25, -0.2) is 18.5 Å². The minimum absolute atomic E-state index is 0.126. The first-order chi connectivity index (χ1) is 12.4. The molecule has 1 atom stereocenters. The zero-order valence-corrected chi connectivity index (χ0v) is 15.7. The van der Waals surface area contributed by atoms with Gasteiger partial charge in [0.05, 0.1) is 4.90 Å². The Kier molecular flexibility index (Phi) is 5.73. The number of sulfonamides is 1. The third kappa shape index (κ3) is 4.92. The monoisotopic (exact) mass is 375 g/mol. The Morgan fingerprint density at radius 2 is 2.04 bits per heavy atom. The Morgan fingerprint density at radius 1 is 1.27 bits per heavy atom. The van der Waals surface area contributed by atoms with Gasteiger partial charge in [0.25, 0.3) is 0 Å². The van der Waals surface area contributed by atoms with Crippen LogP contribution >= 0.6 is 0 Å². The molecule has 1 aliphatic rings. The van der Waals surface area contributed by atoms with Crippen LogP contribution in [0.5, 0.6) is 0 Å². The molecule has 26 heavy (non-hydrogen) atoms. The number of nitrogens with zero attached hydrogens (tertiary/aromatic N) is 3. The molecule has 140 valence electrons. The number of hydrogen-bond donors (Lipinski definition) is 2. The fourth-order valence-electron chi connectivity index (χ4n) is 3.17. The van der Waals surface area contributed by atoms with Gasteiger partial charge in [0, 0.05) is 25.8 Å². The molecule has 1 unspecified atom stereocenters. The number of aromatic nitrogens is 2. The standard InChI is InChI=1S/C18H25N5O2S/c1-14-3-2-12-23(13-14)17-9-11-21-18(22-17)20-10-8-15-4-6-16(7-5-15)26(19,24)25/h4-7,9,11,14H,2-3,8,10,12-13H2,1H3,(H2,19,24,25)(H,20,21,22). The molecule has 0 bridgehead atoms. The molecule has 2 heterocycles. The molecular formula is C18H25N5O2S. The number of primary sulfonamides is 1. The maximum Gasteiger partial charge on any atom is 0.238 e. The Labute approximate surface area is 154 Å². The summed E-state index contributed by atoms with van der Waals surface area (Å²) in [7, 11) is -3.64. The summed E-state index contributed by atoms with van der Waals surface area (Å²) >= 11 is 0. The molecule has 7 nitrogen and oxygen atoms in total. The topological polar surface area (TPSA) is 101 Å². The van der Waals surface area contributed by atoms with Crippen molar-refractivity contribution in [3.8, 4) is 0 Å². The molecule has 3 N–H and O–H groups in total. The van der Waals surface area contributed by atoms with Crippen molar-refractivity contribution in [2.24, 2.45) is 11.1 Å². The van der Waals surface area contributed by atoms with Gasteiger partial charge in [-0.2, -0.15) is 4.98 Å². The molecule has 0 aliphatic carbocycles. The van der Waals surface area contributed by atoms with Gasteiger partial charge in [0.1, 0.15) is 5.82 Å². The van der Waals surface area contributed by atoms with Crippen molar-refractivity contribution < 1.29 is 8.42 Å². The third-order valence-corrected chi connectivity index (χ3v) is 5.50. The van der Waals surface area contributed by atoms with Crippen LogP contribution in [0.4, 0.5) is 11.8 Å². The van der Waals surface area contributed by atoms with E-state index in [1.165, 1.54) is 25.0 Å². The van der Waals surface area contributed by atoms with Crippen LogP contribution in [-0.4, -0.2) is 38.0 Å². The minimum Gasteiger partial charge on any atom is -0.356 e. The summed E-state index contributed by atoms with van der Waals surface area (Å²) in [5, 5.41) is 8.34. The molecule has 0 radical (unpaired) electrons.